The monoisotopic (exact) mass is 318 g/mol. The van der Waals surface area contributed by atoms with Crippen LogP contribution >= 0.6 is 0 Å². The minimum atomic E-state index is -0.554. The van der Waals surface area contributed by atoms with Gasteiger partial charge in [0, 0.05) is 11.8 Å². The maximum atomic E-state index is 11.8. The minimum Gasteiger partial charge on any atom is -0.469 e. The molecule has 124 valence electrons. The van der Waals surface area contributed by atoms with Crippen LogP contribution in [-0.4, -0.2) is 29.8 Å². The number of amides is 1. The highest BCUT2D eigenvalue weighted by molar-refractivity contribution is 5.92. The second-order valence-corrected chi connectivity index (χ2v) is 6.27. The van der Waals surface area contributed by atoms with Gasteiger partial charge in [-0.1, -0.05) is 18.2 Å². The van der Waals surface area contributed by atoms with Crippen LogP contribution in [0, 0.1) is 0 Å². The molecule has 2 N–H and O–H groups in total. The summed E-state index contributed by atoms with van der Waals surface area (Å²) in [7, 11) is 1.38. The summed E-state index contributed by atoms with van der Waals surface area (Å²) in [6, 6.07) is 7.63. The number of aromatic amines is 1. The number of rotatable bonds is 4. The fourth-order valence-electron chi connectivity index (χ4n) is 2.25. The molecule has 0 saturated heterocycles. The first kappa shape index (κ1) is 16.9. The number of fused-ring (bicyclic) bond motifs is 1. The van der Waals surface area contributed by atoms with E-state index in [9.17, 15) is 9.59 Å². The standard InChI is InChI=1S/C17H22N2O4/c1-17(2,3)23-16(21)19-13-10-12-7-5-6-11(15(12)18-13)8-9-14(20)22-4/h5-7,10,18H,8-9H2,1-4H3,(H,19,21). The van der Waals surface area contributed by atoms with E-state index in [1.165, 1.54) is 7.11 Å². The molecule has 0 fully saturated rings. The SMILES string of the molecule is COC(=O)CCc1cccc2cc(NC(=O)OC(C)(C)C)[nH]c12. The van der Waals surface area contributed by atoms with Crippen molar-refractivity contribution < 1.29 is 19.1 Å². The summed E-state index contributed by atoms with van der Waals surface area (Å²) in [6.45, 7) is 5.42. The molecule has 23 heavy (non-hydrogen) atoms. The normalized spacial score (nSPS) is 11.3. The van der Waals surface area contributed by atoms with Gasteiger partial charge in [0.1, 0.15) is 11.4 Å². The maximum absolute atomic E-state index is 11.8. The predicted octanol–water partition coefficient (Wildman–Crippen LogP) is 3.62. The number of nitrogens with one attached hydrogen (secondary N) is 2. The van der Waals surface area contributed by atoms with E-state index in [1.807, 2.05) is 45.0 Å². The van der Waals surface area contributed by atoms with Crippen LogP contribution in [0.3, 0.4) is 0 Å². The zero-order valence-corrected chi connectivity index (χ0v) is 13.9. The summed E-state index contributed by atoms with van der Waals surface area (Å²) in [4.78, 5) is 26.3. The molecule has 0 radical (unpaired) electrons. The van der Waals surface area contributed by atoms with Crippen molar-refractivity contribution in [3.63, 3.8) is 0 Å². The summed E-state index contributed by atoms with van der Waals surface area (Å²) in [5, 5.41) is 3.64. The first-order chi connectivity index (χ1) is 10.8. The van der Waals surface area contributed by atoms with E-state index in [2.05, 4.69) is 15.0 Å². The van der Waals surface area contributed by atoms with Gasteiger partial charge in [0.25, 0.3) is 0 Å². The molecule has 0 bridgehead atoms. The Morgan fingerprint density at radius 2 is 2.00 bits per heavy atom. The molecule has 2 aromatic rings. The van der Waals surface area contributed by atoms with E-state index in [-0.39, 0.29) is 5.97 Å². The molecule has 0 saturated carbocycles. The molecule has 1 heterocycles. The Balaban J connectivity index is 2.15. The van der Waals surface area contributed by atoms with Gasteiger partial charge in [-0.15, -0.1) is 0 Å². The summed E-state index contributed by atoms with van der Waals surface area (Å²) in [5.41, 5.74) is 1.33. The number of aryl methyl sites for hydroxylation is 1. The predicted molar refractivity (Wildman–Crippen MR) is 88.5 cm³/mol. The van der Waals surface area contributed by atoms with Crippen LogP contribution in [0.2, 0.25) is 0 Å². The highest BCUT2D eigenvalue weighted by Gasteiger charge is 2.17. The van der Waals surface area contributed by atoms with E-state index in [0.29, 0.717) is 18.7 Å². The topological polar surface area (TPSA) is 80.4 Å². The van der Waals surface area contributed by atoms with Gasteiger partial charge in [-0.3, -0.25) is 10.1 Å². The Morgan fingerprint density at radius 3 is 2.65 bits per heavy atom. The van der Waals surface area contributed by atoms with Crippen LogP contribution in [0.15, 0.2) is 24.3 Å². The van der Waals surface area contributed by atoms with Crippen LogP contribution in [-0.2, 0) is 20.7 Å². The number of hydrogen-bond donors (Lipinski definition) is 2. The van der Waals surface area contributed by atoms with Crippen molar-refractivity contribution in [1.29, 1.82) is 0 Å². The first-order valence-corrected chi connectivity index (χ1v) is 7.46. The molecule has 1 aromatic heterocycles. The van der Waals surface area contributed by atoms with E-state index in [0.717, 1.165) is 16.5 Å². The third-order valence-electron chi connectivity index (χ3n) is 3.20. The molecule has 0 unspecified atom stereocenters. The van der Waals surface area contributed by atoms with Crippen molar-refractivity contribution in [3.8, 4) is 0 Å². The lowest BCUT2D eigenvalue weighted by atomic mass is 10.1. The molecule has 0 aliphatic heterocycles. The lowest BCUT2D eigenvalue weighted by molar-refractivity contribution is -0.140. The Morgan fingerprint density at radius 1 is 1.26 bits per heavy atom. The summed E-state index contributed by atoms with van der Waals surface area (Å²) in [5.74, 6) is 0.306. The molecular formula is C17H22N2O4. The van der Waals surface area contributed by atoms with E-state index in [1.54, 1.807) is 0 Å². The highest BCUT2D eigenvalue weighted by Crippen LogP contribution is 2.23. The van der Waals surface area contributed by atoms with Crippen molar-refractivity contribution in [2.45, 2.75) is 39.2 Å². The van der Waals surface area contributed by atoms with Crippen LogP contribution in [0.5, 0.6) is 0 Å². The molecule has 0 aliphatic carbocycles. The molecule has 0 spiro atoms. The number of carbonyl (C=O) groups excluding carboxylic acids is 2. The lowest BCUT2D eigenvalue weighted by Gasteiger charge is -2.19. The van der Waals surface area contributed by atoms with Crippen LogP contribution in [0.25, 0.3) is 10.9 Å². The van der Waals surface area contributed by atoms with E-state index in [4.69, 9.17) is 4.74 Å². The van der Waals surface area contributed by atoms with Gasteiger partial charge in [0.2, 0.25) is 0 Å². The Bertz CT molecular complexity index is 713. The van der Waals surface area contributed by atoms with Crippen molar-refractivity contribution in [1.82, 2.24) is 4.98 Å². The number of ether oxygens (including phenoxy) is 2. The van der Waals surface area contributed by atoms with Gasteiger partial charge in [-0.2, -0.15) is 0 Å². The average molecular weight is 318 g/mol. The van der Waals surface area contributed by atoms with Gasteiger partial charge < -0.3 is 14.5 Å². The molecule has 2 rings (SSSR count). The number of aromatic nitrogens is 1. The maximum Gasteiger partial charge on any atom is 0.413 e. The third kappa shape index (κ3) is 4.74. The second kappa shape index (κ2) is 6.73. The Kier molecular flexibility index (Phi) is 4.93. The number of hydrogen-bond acceptors (Lipinski definition) is 4. The molecule has 1 amide bonds. The van der Waals surface area contributed by atoms with Gasteiger partial charge in [-0.05, 0) is 38.8 Å². The third-order valence-corrected chi connectivity index (χ3v) is 3.20. The van der Waals surface area contributed by atoms with Crippen molar-refractivity contribution in [3.05, 3.63) is 29.8 Å². The molecule has 6 heteroatoms. The number of methoxy groups -OCH3 is 1. The van der Waals surface area contributed by atoms with Gasteiger partial charge in [0.05, 0.1) is 12.6 Å². The first-order valence-electron chi connectivity index (χ1n) is 7.46. The largest absolute Gasteiger partial charge is 0.469 e. The van der Waals surface area contributed by atoms with Crippen LogP contribution < -0.4 is 5.32 Å². The molecule has 0 aliphatic rings. The second-order valence-electron chi connectivity index (χ2n) is 6.27. The highest BCUT2D eigenvalue weighted by atomic mass is 16.6. The number of esters is 1. The number of benzene rings is 1. The summed E-state index contributed by atoms with van der Waals surface area (Å²) in [6.07, 6.45) is 0.361. The van der Waals surface area contributed by atoms with Gasteiger partial charge in [-0.25, -0.2) is 4.79 Å². The number of para-hydroxylation sites is 1. The Labute approximate surface area is 135 Å². The number of carbonyl (C=O) groups is 2. The quantitative estimate of drug-likeness (QED) is 0.844. The molecule has 6 nitrogen and oxygen atoms in total. The van der Waals surface area contributed by atoms with E-state index < -0.39 is 11.7 Å². The zero-order valence-electron chi connectivity index (χ0n) is 13.9. The average Bonchev–Trinajstić information content (AvgIpc) is 2.85. The smallest absolute Gasteiger partial charge is 0.413 e. The lowest BCUT2D eigenvalue weighted by Crippen LogP contribution is -2.27. The van der Waals surface area contributed by atoms with Gasteiger partial charge in [0.15, 0.2) is 0 Å². The molecular weight excluding hydrogens is 296 g/mol. The Hall–Kier alpha value is -2.50. The summed E-state index contributed by atoms with van der Waals surface area (Å²) >= 11 is 0. The zero-order chi connectivity index (χ0) is 17.0. The van der Waals surface area contributed by atoms with Crippen molar-refractivity contribution in [2.75, 3.05) is 12.4 Å². The number of anilines is 1. The fourth-order valence-corrected chi connectivity index (χ4v) is 2.25. The minimum absolute atomic E-state index is 0.249. The molecule has 0 atom stereocenters. The van der Waals surface area contributed by atoms with Gasteiger partial charge >= 0.3 is 12.1 Å². The van der Waals surface area contributed by atoms with Crippen LogP contribution in [0.1, 0.15) is 32.8 Å². The summed E-state index contributed by atoms with van der Waals surface area (Å²) < 4.78 is 9.90. The fraction of sp³-hybridized carbons (Fsp3) is 0.412. The van der Waals surface area contributed by atoms with Crippen LogP contribution in [0.4, 0.5) is 10.6 Å². The molecule has 1 aromatic carbocycles. The number of H-pyrrole nitrogens is 1. The van der Waals surface area contributed by atoms with Crippen molar-refractivity contribution in [2.24, 2.45) is 0 Å². The van der Waals surface area contributed by atoms with Crippen molar-refractivity contribution >= 4 is 28.8 Å². The van der Waals surface area contributed by atoms with E-state index >= 15 is 0 Å².